The van der Waals surface area contributed by atoms with Crippen molar-refractivity contribution in [2.24, 2.45) is 5.73 Å². The summed E-state index contributed by atoms with van der Waals surface area (Å²) in [4.78, 5) is 10.1. The van der Waals surface area contributed by atoms with E-state index in [2.05, 4.69) is 4.98 Å². The van der Waals surface area contributed by atoms with E-state index in [1.54, 1.807) is 23.7 Å². The summed E-state index contributed by atoms with van der Waals surface area (Å²) in [5.74, 6) is 0.655. The Hall–Kier alpha value is -1.26. The fraction of sp³-hybridized carbons (Fsp3) is 0.385. The summed E-state index contributed by atoms with van der Waals surface area (Å²) in [5.41, 5.74) is 8.40. The number of hydrogen-bond acceptors (Lipinski definition) is 4. The third-order valence-corrected chi connectivity index (χ3v) is 4.31. The molecule has 2 aromatic heterocycles. The number of thiazole rings is 1. The topological polar surface area (TPSA) is 51.8 Å². The zero-order valence-electron chi connectivity index (χ0n) is 9.76. The Morgan fingerprint density at radius 2 is 2.06 bits per heavy atom. The molecule has 0 saturated heterocycles. The summed E-state index contributed by atoms with van der Waals surface area (Å²) < 4.78 is 0. The molecule has 1 unspecified atom stereocenters. The van der Waals surface area contributed by atoms with Gasteiger partial charge in [-0.3, -0.25) is 4.98 Å². The van der Waals surface area contributed by atoms with Gasteiger partial charge in [0.2, 0.25) is 0 Å². The minimum atomic E-state index is 0.0821. The van der Waals surface area contributed by atoms with Crippen LogP contribution in [0.1, 0.15) is 42.3 Å². The van der Waals surface area contributed by atoms with E-state index in [0.717, 1.165) is 10.6 Å². The first-order valence-electron chi connectivity index (χ1n) is 5.92. The summed E-state index contributed by atoms with van der Waals surface area (Å²) in [6, 6.07) is 4.08. The third kappa shape index (κ3) is 2.10. The van der Waals surface area contributed by atoms with Gasteiger partial charge in [-0.05, 0) is 31.9 Å². The van der Waals surface area contributed by atoms with Crippen LogP contribution in [0.15, 0.2) is 24.5 Å². The van der Waals surface area contributed by atoms with E-state index in [1.807, 2.05) is 19.1 Å². The van der Waals surface area contributed by atoms with Gasteiger partial charge in [-0.15, -0.1) is 11.3 Å². The molecule has 0 bridgehead atoms. The van der Waals surface area contributed by atoms with Crippen LogP contribution >= 0.6 is 11.3 Å². The van der Waals surface area contributed by atoms with Crippen LogP contribution in [0.5, 0.6) is 0 Å². The van der Waals surface area contributed by atoms with Crippen LogP contribution in [0.4, 0.5) is 0 Å². The van der Waals surface area contributed by atoms with Gasteiger partial charge < -0.3 is 5.73 Å². The molecule has 0 spiro atoms. The third-order valence-electron chi connectivity index (χ3n) is 2.99. The molecule has 3 nitrogen and oxygen atoms in total. The van der Waals surface area contributed by atoms with E-state index in [-0.39, 0.29) is 6.04 Å². The van der Waals surface area contributed by atoms with E-state index in [0.29, 0.717) is 5.92 Å². The van der Waals surface area contributed by atoms with Gasteiger partial charge in [0.05, 0.1) is 5.69 Å². The number of aromatic nitrogens is 2. The second-order valence-corrected chi connectivity index (χ2v) is 5.60. The van der Waals surface area contributed by atoms with E-state index in [9.17, 15) is 0 Å². The molecule has 0 aromatic carbocycles. The molecule has 0 aliphatic heterocycles. The fourth-order valence-electron chi connectivity index (χ4n) is 1.94. The zero-order chi connectivity index (χ0) is 11.8. The lowest BCUT2D eigenvalue weighted by Crippen LogP contribution is -2.05. The van der Waals surface area contributed by atoms with Crippen molar-refractivity contribution in [3.8, 4) is 10.6 Å². The Morgan fingerprint density at radius 3 is 2.65 bits per heavy atom. The maximum absolute atomic E-state index is 6.03. The van der Waals surface area contributed by atoms with Crippen molar-refractivity contribution in [1.29, 1.82) is 0 Å². The highest BCUT2D eigenvalue weighted by Crippen LogP contribution is 2.45. The van der Waals surface area contributed by atoms with Gasteiger partial charge in [-0.2, -0.15) is 0 Å². The number of hydrogen-bond donors (Lipinski definition) is 1. The number of nitrogens with two attached hydrogens (primary N) is 1. The molecule has 88 valence electrons. The van der Waals surface area contributed by atoms with Crippen LogP contribution in [-0.4, -0.2) is 9.97 Å². The minimum Gasteiger partial charge on any atom is -0.323 e. The Balaban J connectivity index is 2.04. The molecule has 0 radical (unpaired) electrons. The van der Waals surface area contributed by atoms with Crippen LogP contribution < -0.4 is 5.73 Å². The second kappa shape index (κ2) is 4.20. The van der Waals surface area contributed by atoms with Crippen molar-refractivity contribution in [3.63, 3.8) is 0 Å². The maximum Gasteiger partial charge on any atom is 0.124 e. The van der Waals surface area contributed by atoms with Gasteiger partial charge in [0.25, 0.3) is 0 Å². The average Bonchev–Trinajstić information content (AvgIpc) is 3.09. The molecule has 1 saturated carbocycles. The highest BCUT2D eigenvalue weighted by Gasteiger charge is 2.30. The van der Waals surface area contributed by atoms with Crippen molar-refractivity contribution in [2.75, 3.05) is 0 Å². The van der Waals surface area contributed by atoms with E-state index < -0.39 is 0 Å². The normalized spacial score (nSPS) is 17.1. The van der Waals surface area contributed by atoms with Crippen molar-refractivity contribution in [1.82, 2.24) is 9.97 Å². The summed E-state index contributed by atoms with van der Waals surface area (Å²) in [6.45, 7) is 2.04. The second-order valence-electron chi connectivity index (χ2n) is 4.57. The molecule has 2 aromatic rings. The zero-order valence-corrected chi connectivity index (χ0v) is 10.6. The van der Waals surface area contributed by atoms with Crippen molar-refractivity contribution >= 4 is 11.3 Å². The molecule has 2 N–H and O–H groups in total. The molecule has 1 aliphatic carbocycles. The quantitative estimate of drug-likeness (QED) is 0.904. The summed E-state index contributed by atoms with van der Waals surface area (Å²) >= 11 is 1.73. The molecule has 1 aliphatic rings. The Labute approximate surface area is 105 Å². The van der Waals surface area contributed by atoms with Crippen molar-refractivity contribution < 1.29 is 0 Å². The highest BCUT2D eigenvalue weighted by atomic mass is 32.1. The first kappa shape index (κ1) is 10.9. The minimum absolute atomic E-state index is 0.0821. The molecule has 1 fully saturated rings. The Bertz CT molecular complexity index is 495. The molecule has 3 rings (SSSR count). The van der Waals surface area contributed by atoms with E-state index >= 15 is 0 Å². The van der Waals surface area contributed by atoms with Gasteiger partial charge in [0.1, 0.15) is 5.01 Å². The summed E-state index contributed by atoms with van der Waals surface area (Å²) in [6.07, 6.45) is 6.14. The largest absolute Gasteiger partial charge is 0.323 e. The van der Waals surface area contributed by atoms with Crippen molar-refractivity contribution in [2.45, 2.75) is 31.7 Å². The lowest BCUT2D eigenvalue weighted by molar-refractivity contribution is 0.811. The monoisotopic (exact) mass is 245 g/mol. The lowest BCUT2D eigenvalue weighted by Gasteiger charge is -2.02. The number of pyridine rings is 1. The van der Waals surface area contributed by atoms with Gasteiger partial charge in [0, 0.05) is 34.8 Å². The fourth-order valence-corrected chi connectivity index (χ4v) is 3.05. The van der Waals surface area contributed by atoms with Crippen LogP contribution in [0.25, 0.3) is 10.6 Å². The standard InChI is InChI=1S/C13H15N3S/c1-8(14)12-11(9-2-3-9)16-13(17-12)10-4-6-15-7-5-10/h4-9H,2-3,14H2,1H3. The average molecular weight is 245 g/mol. The summed E-state index contributed by atoms with van der Waals surface area (Å²) in [7, 11) is 0. The van der Waals surface area contributed by atoms with Gasteiger partial charge in [-0.1, -0.05) is 0 Å². The first-order chi connectivity index (χ1) is 8.25. The van der Waals surface area contributed by atoms with Gasteiger partial charge in [-0.25, -0.2) is 4.98 Å². The van der Waals surface area contributed by atoms with Gasteiger partial charge >= 0.3 is 0 Å². The molecular formula is C13H15N3S. The number of rotatable bonds is 3. The number of nitrogens with zero attached hydrogens (tertiary/aromatic N) is 2. The Morgan fingerprint density at radius 1 is 1.35 bits per heavy atom. The smallest absolute Gasteiger partial charge is 0.124 e. The molecule has 0 amide bonds. The van der Waals surface area contributed by atoms with Crippen LogP contribution in [0.3, 0.4) is 0 Å². The molecular weight excluding hydrogens is 230 g/mol. The first-order valence-corrected chi connectivity index (χ1v) is 6.74. The molecule has 4 heteroatoms. The van der Waals surface area contributed by atoms with E-state index in [1.165, 1.54) is 23.4 Å². The predicted octanol–water partition coefficient (Wildman–Crippen LogP) is 3.10. The van der Waals surface area contributed by atoms with Gasteiger partial charge in [0.15, 0.2) is 0 Å². The SMILES string of the molecule is CC(N)c1sc(-c2ccncc2)nc1C1CC1. The van der Waals surface area contributed by atoms with Crippen LogP contribution in [-0.2, 0) is 0 Å². The Kier molecular flexibility index (Phi) is 2.68. The summed E-state index contributed by atoms with van der Waals surface area (Å²) in [5, 5.41) is 1.07. The van der Waals surface area contributed by atoms with Crippen molar-refractivity contribution in [3.05, 3.63) is 35.1 Å². The molecule has 1 atom stereocenters. The van der Waals surface area contributed by atoms with Crippen LogP contribution in [0, 0.1) is 0 Å². The molecule has 17 heavy (non-hydrogen) atoms. The molecule has 2 heterocycles. The van der Waals surface area contributed by atoms with Crippen LogP contribution in [0.2, 0.25) is 0 Å². The highest BCUT2D eigenvalue weighted by molar-refractivity contribution is 7.15. The lowest BCUT2D eigenvalue weighted by atomic mass is 10.2. The van der Waals surface area contributed by atoms with E-state index in [4.69, 9.17) is 10.7 Å². The predicted molar refractivity (Wildman–Crippen MR) is 69.9 cm³/mol. The maximum atomic E-state index is 6.03.